The lowest BCUT2D eigenvalue weighted by molar-refractivity contribution is 1.48. The summed E-state index contributed by atoms with van der Waals surface area (Å²) in [5, 5.41) is 0. The lowest BCUT2D eigenvalue weighted by atomic mass is 9.74. The van der Waals surface area contributed by atoms with Gasteiger partial charge in [-0.25, -0.2) is 0 Å². The van der Waals surface area contributed by atoms with E-state index in [0.29, 0.717) is 0 Å². The van der Waals surface area contributed by atoms with Crippen LogP contribution in [0.3, 0.4) is 0 Å². The van der Waals surface area contributed by atoms with Gasteiger partial charge in [0, 0.05) is 33.4 Å². The Labute approximate surface area is 189 Å². The van der Waals surface area contributed by atoms with Crippen LogP contribution in [0.15, 0.2) is 132 Å². The van der Waals surface area contributed by atoms with Crippen molar-refractivity contribution >= 4 is 11.1 Å². The van der Waals surface area contributed by atoms with Crippen molar-refractivity contribution in [3.05, 3.63) is 155 Å². The quantitative estimate of drug-likeness (QED) is 0.315. The maximum absolute atomic E-state index is 3.46. The zero-order valence-corrected chi connectivity index (χ0v) is 17.5. The molecule has 0 bridgehead atoms. The predicted octanol–water partition coefficient (Wildman–Crippen LogP) is 7.01. The molecule has 0 fully saturated rings. The lowest BCUT2D eigenvalue weighted by Crippen LogP contribution is -2.09. The fraction of sp³-hybridized carbons (Fsp3) is 0. The molecule has 0 aliphatic heterocycles. The first-order valence-corrected chi connectivity index (χ1v) is 10.6. The fourth-order valence-corrected chi connectivity index (χ4v) is 3.79. The molecule has 1 aliphatic rings. The van der Waals surface area contributed by atoms with Gasteiger partial charge < -0.3 is 0 Å². The summed E-state index contributed by atoms with van der Waals surface area (Å²) in [6.07, 6.45) is 0. The van der Waals surface area contributed by atoms with E-state index in [4.69, 9.17) is 0 Å². The van der Waals surface area contributed by atoms with Crippen LogP contribution in [0.5, 0.6) is 0 Å². The van der Waals surface area contributed by atoms with Crippen LogP contribution in [0.2, 0.25) is 0 Å². The van der Waals surface area contributed by atoms with E-state index in [2.05, 4.69) is 72.2 Å². The standard InChI is InChI=1S/C32H20/c1-5-13-25(14-6-1)21-23-29-31(27-17-9-3-10-18-27)30(24-22-26-15-7-2-8-16-26)32(29)28-19-11-4-12-20-28/h1-20H. The number of rotatable bonds is 2. The third kappa shape index (κ3) is 4.04. The maximum Gasteiger partial charge on any atom is 0.0431 e. The summed E-state index contributed by atoms with van der Waals surface area (Å²) >= 11 is 0. The van der Waals surface area contributed by atoms with E-state index in [9.17, 15) is 0 Å². The summed E-state index contributed by atoms with van der Waals surface area (Å²) < 4.78 is 0. The van der Waals surface area contributed by atoms with Crippen LogP contribution in [-0.2, 0) is 0 Å². The third-order valence-corrected chi connectivity index (χ3v) is 5.34. The topological polar surface area (TPSA) is 0 Å². The van der Waals surface area contributed by atoms with Gasteiger partial charge in [-0.05, 0) is 35.4 Å². The molecule has 0 aromatic heterocycles. The molecule has 0 heteroatoms. The van der Waals surface area contributed by atoms with Crippen LogP contribution < -0.4 is 0 Å². The Morgan fingerprint density at radius 2 is 0.625 bits per heavy atom. The molecule has 0 atom stereocenters. The van der Waals surface area contributed by atoms with Crippen LogP contribution in [0.4, 0.5) is 0 Å². The van der Waals surface area contributed by atoms with Crippen molar-refractivity contribution in [2.45, 2.75) is 0 Å². The second-order valence-corrected chi connectivity index (χ2v) is 7.46. The zero-order chi connectivity index (χ0) is 21.6. The van der Waals surface area contributed by atoms with E-state index >= 15 is 0 Å². The summed E-state index contributed by atoms with van der Waals surface area (Å²) in [7, 11) is 0. The summed E-state index contributed by atoms with van der Waals surface area (Å²) in [6.45, 7) is 0. The number of hydrogen-bond acceptors (Lipinski definition) is 0. The molecule has 0 nitrogen and oxygen atoms in total. The van der Waals surface area contributed by atoms with Gasteiger partial charge in [0.2, 0.25) is 0 Å². The van der Waals surface area contributed by atoms with E-state index < -0.39 is 0 Å². The molecule has 4 aromatic carbocycles. The molecular formula is C32H20. The van der Waals surface area contributed by atoms with Gasteiger partial charge in [0.05, 0.1) is 0 Å². The Bertz CT molecular complexity index is 1290. The van der Waals surface area contributed by atoms with Gasteiger partial charge in [0.25, 0.3) is 0 Å². The first-order chi connectivity index (χ1) is 15.9. The minimum Gasteiger partial charge on any atom is -0.0622 e. The van der Waals surface area contributed by atoms with Gasteiger partial charge in [-0.1, -0.05) is 121 Å². The monoisotopic (exact) mass is 404 g/mol. The molecule has 0 saturated heterocycles. The molecule has 0 amide bonds. The van der Waals surface area contributed by atoms with Gasteiger partial charge >= 0.3 is 0 Å². The highest BCUT2D eigenvalue weighted by molar-refractivity contribution is 6.15. The first-order valence-electron chi connectivity index (χ1n) is 10.6. The van der Waals surface area contributed by atoms with Crippen LogP contribution in [0.1, 0.15) is 22.3 Å². The van der Waals surface area contributed by atoms with E-state index in [-0.39, 0.29) is 0 Å². The van der Waals surface area contributed by atoms with Crippen molar-refractivity contribution in [1.29, 1.82) is 0 Å². The first kappa shape index (κ1) is 19.4. The summed E-state index contributed by atoms with van der Waals surface area (Å²) in [5.74, 6) is 13.6. The smallest absolute Gasteiger partial charge is 0.0431 e. The molecule has 0 unspecified atom stereocenters. The van der Waals surface area contributed by atoms with Crippen molar-refractivity contribution in [1.82, 2.24) is 0 Å². The van der Waals surface area contributed by atoms with Gasteiger partial charge in [0.1, 0.15) is 0 Å². The maximum atomic E-state index is 3.46. The summed E-state index contributed by atoms with van der Waals surface area (Å²) in [4.78, 5) is 0. The van der Waals surface area contributed by atoms with E-state index in [1.807, 2.05) is 72.8 Å². The molecule has 0 spiro atoms. The van der Waals surface area contributed by atoms with Crippen LogP contribution >= 0.6 is 0 Å². The SMILES string of the molecule is C(#Cc1ccccc1)C1=C(c2ccccc2)C(C#Cc2ccccc2)=C1c1ccccc1. The largest absolute Gasteiger partial charge is 0.0622 e. The minimum atomic E-state index is 1.00. The third-order valence-electron chi connectivity index (χ3n) is 5.34. The molecule has 0 saturated carbocycles. The zero-order valence-electron chi connectivity index (χ0n) is 17.5. The highest BCUT2D eigenvalue weighted by Gasteiger charge is 2.29. The van der Waals surface area contributed by atoms with Crippen molar-refractivity contribution in [3.8, 4) is 23.7 Å². The van der Waals surface area contributed by atoms with Crippen molar-refractivity contribution in [2.24, 2.45) is 0 Å². The highest BCUT2D eigenvalue weighted by Crippen LogP contribution is 2.46. The molecule has 32 heavy (non-hydrogen) atoms. The Morgan fingerprint density at radius 1 is 0.312 bits per heavy atom. The Morgan fingerprint density at radius 3 is 0.969 bits per heavy atom. The average Bonchev–Trinajstić information content (AvgIpc) is 2.86. The van der Waals surface area contributed by atoms with E-state index in [1.165, 1.54) is 0 Å². The molecular weight excluding hydrogens is 384 g/mol. The van der Waals surface area contributed by atoms with E-state index in [1.54, 1.807) is 0 Å². The molecule has 1 aliphatic carbocycles. The van der Waals surface area contributed by atoms with Crippen LogP contribution in [0.25, 0.3) is 11.1 Å². The summed E-state index contributed by atoms with van der Waals surface area (Å²) in [6, 6.07) is 41.1. The van der Waals surface area contributed by atoms with Crippen molar-refractivity contribution in [2.75, 3.05) is 0 Å². The Kier molecular flexibility index (Phi) is 5.53. The van der Waals surface area contributed by atoms with Crippen LogP contribution in [-0.4, -0.2) is 0 Å². The summed E-state index contributed by atoms with van der Waals surface area (Å²) in [5.41, 5.74) is 8.62. The molecule has 5 rings (SSSR count). The number of benzene rings is 4. The van der Waals surface area contributed by atoms with Crippen LogP contribution in [0, 0.1) is 23.7 Å². The molecule has 0 radical (unpaired) electrons. The lowest BCUT2D eigenvalue weighted by Gasteiger charge is -2.26. The highest BCUT2D eigenvalue weighted by atomic mass is 14.3. The predicted molar refractivity (Wildman–Crippen MR) is 133 cm³/mol. The second-order valence-electron chi connectivity index (χ2n) is 7.46. The number of allylic oxidation sites excluding steroid dienone is 4. The molecule has 4 aromatic rings. The van der Waals surface area contributed by atoms with E-state index in [0.717, 1.165) is 44.5 Å². The Balaban J connectivity index is 1.68. The van der Waals surface area contributed by atoms with Crippen molar-refractivity contribution < 1.29 is 0 Å². The van der Waals surface area contributed by atoms with Gasteiger partial charge in [0.15, 0.2) is 0 Å². The normalized spacial score (nSPS) is 12.2. The van der Waals surface area contributed by atoms with Gasteiger partial charge in [-0.3, -0.25) is 0 Å². The molecule has 148 valence electrons. The Hall–Kier alpha value is -4.52. The second kappa shape index (κ2) is 9.09. The van der Waals surface area contributed by atoms with Gasteiger partial charge in [-0.15, -0.1) is 0 Å². The van der Waals surface area contributed by atoms with Gasteiger partial charge in [-0.2, -0.15) is 0 Å². The number of hydrogen-bond donors (Lipinski definition) is 0. The minimum absolute atomic E-state index is 1.00. The average molecular weight is 405 g/mol. The fourth-order valence-electron chi connectivity index (χ4n) is 3.79. The molecule has 0 N–H and O–H groups in total. The van der Waals surface area contributed by atoms with Crippen molar-refractivity contribution in [3.63, 3.8) is 0 Å². The molecule has 0 heterocycles.